The molecule has 106 valence electrons. The quantitative estimate of drug-likeness (QED) is 0.357. The van der Waals surface area contributed by atoms with E-state index in [4.69, 9.17) is 4.74 Å². The van der Waals surface area contributed by atoms with Crippen LogP contribution in [0.15, 0.2) is 5.16 Å². The van der Waals surface area contributed by atoms with Crippen molar-refractivity contribution in [2.24, 2.45) is 0 Å². The number of esters is 1. The Hall–Kier alpha value is -1.68. The summed E-state index contributed by atoms with van der Waals surface area (Å²) in [5, 5.41) is 13.9. The first kappa shape index (κ1) is 15.4. The van der Waals surface area contributed by atoms with Crippen LogP contribution in [0.4, 0.5) is 0 Å². The minimum absolute atomic E-state index is 0.0862. The number of hydrogen-bond donors (Lipinski definition) is 1. The number of ether oxygens (including phenoxy) is 2. The highest BCUT2D eigenvalue weighted by Crippen LogP contribution is 2.12. The number of aromatic nitrogens is 4. The number of hydrogen-bond acceptors (Lipinski definition) is 8. The van der Waals surface area contributed by atoms with E-state index < -0.39 is 5.97 Å². The molecule has 0 fully saturated rings. The Labute approximate surface area is 114 Å². The number of carbonyl (C=O) groups is 2. The van der Waals surface area contributed by atoms with E-state index >= 15 is 0 Å². The Bertz CT molecular complexity index is 424. The molecule has 9 nitrogen and oxygen atoms in total. The SMILES string of the molecule is COCCNC(=O)CSc1nnnn1CC(=O)OC. The third kappa shape index (κ3) is 5.66. The number of nitrogens with zero attached hydrogens (tertiary/aromatic N) is 4. The van der Waals surface area contributed by atoms with Crippen molar-refractivity contribution < 1.29 is 19.1 Å². The molecular weight excluding hydrogens is 274 g/mol. The maximum Gasteiger partial charge on any atom is 0.327 e. The van der Waals surface area contributed by atoms with Gasteiger partial charge in [0.25, 0.3) is 0 Å². The fourth-order valence-electron chi connectivity index (χ4n) is 1.06. The summed E-state index contributed by atoms with van der Waals surface area (Å²) in [6.07, 6.45) is 0. The Morgan fingerprint density at radius 1 is 1.42 bits per heavy atom. The topological polar surface area (TPSA) is 108 Å². The fourth-order valence-corrected chi connectivity index (χ4v) is 1.77. The van der Waals surface area contributed by atoms with Crippen molar-refractivity contribution in [2.45, 2.75) is 11.7 Å². The van der Waals surface area contributed by atoms with E-state index in [-0.39, 0.29) is 18.2 Å². The average molecular weight is 289 g/mol. The lowest BCUT2D eigenvalue weighted by molar-refractivity contribution is -0.141. The molecule has 1 aromatic heterocycles. The van der Waals surface area contributed by atoms with Crippen molar-refractivity contribution in [2.75, 3.05) is 33.1 Å². The molecule has 0 aliphatic carbocycles. The lowest BCUT2D eigenvalue weighted by atomic mass is 10.6. The first-order valence-electron chi connectivity index (χ1n) is 5.38. The highest BCUT2D eigenvalue weighted by molar-refractivity contribution is 7.99. The molecule has 0 atom stereocenters. The fraction of sp³-hybridized carbons (Fsp3) is 0.667. The lowest BCUT2D eigenvalue weighted by Crippen LogP contribution is -2.28. The molecule has 10 heteroatoms. The summed E-state index contributed by atoms with van der Waals surface area (Å²) >= 11 is 1.14. The second-order valence-electron chi connectivity index (χ2n) is 3.33. The second-order valence-corrected chi connectivity index (χ2v) is 4.27. The summed E-state index contributed by atoms with van der Waals surface area (Å²) in [5.74, 6) is -0.459. The molecular formula is C9H15N5O4S. The van der Waals surface area contributed by atoms with Crippen LogP contribution in [0.2, 0.25) is 0 Å². The molecule has 1 heterocycles. The first-order valence-corrected chi connectivity index (χ1v) is 6.37. The van der Waals surface area contributed by atoms with E-state index in [1.54, 1.807) is 7.11 Å². The normalized spacial score (nSPS) is 10.2. The van der Waals surface area contributed by atoms with Gasteiger partial charge in [-0.1, -0.05) is 11.8 Å². The monoisotopic (exact) mass is 289 g/mol. The van der Waals surface area contributed by atoms with E-state index in [1.165, 1.54) is 11.8 Å². The third-order valence-corrected chi connectivity index (χ3v) is 2.92. The first-order chi connectivity index (χ1) is 9.17. The summed E-state index contributed by atoms with van der Waals surface area (Å²) < 4.78 is 10.6. The van der Waals surface area contributed by atoms with Crippen LogP contribution in [0.3, 0.4) is 0 Å². The third-order valence-electron chi connectivity index (χ3n) is 1.97. The molecule has 1 rings (SSSR count). The smallest absolute Gasteiger partial charge is 0.327 e. The van der Waals surface area contributed by atoms with Gasteiger partial charge in [0.1, 0.15) is 6.54 Å². The maximum atomic E-state index is 11.4. The molecule has 1 N–H and O–H groups in total. The predicted octanol–water partition coefficient (Wildman–Crippen LogP) is -1.30. The zero-order valence-corrected chi connectivity index (χ0v) is 11.5. The number of nitrogens with one attached hydrogen (secondary N) is 1. The predicted molar refractivity (Wildman–Crippen MR) is 65.4 cm³/mol. The van der Waals surface area contributed by atoms with E-state index in [0.717, 1.165) is 11.8 Å². The summed E-state index contributed by atoms with van der Waals surface area (Å²) in [6, 6.07) is 0. The molecule has 0 bridgehead atoms. The Morgan fingerprint density at radius 3 is 2.89 bits per heavy atom. The highest BCUT2D eigenvalue weighted by atomic mass is 32.2. The Morgan fingerprint density at radius 2 is 2.21 bits per heavy atom. The van der Waals surface area contributed by atoms with Crippen molar-refractivity contribution in [3.05, 3.63) is 0 Å². The van der Waals surface area contributed by atoms with Gasteiger partial charge in [0.15, 0.2) is 0 Å². The molecule has 0 spiro atoms. The molecule has 0 radical (unpaired) electrons. The van der Waals surface area contributed by atoms with Crippen LogP contribution in [-0.2, 0) is 25.6 Å². The van der Waals surface area contributed by atoms with Crippen LogP contribution in [0.25, 0.3) is 0 Å². The largest absolute Gasteiger partial charge is 0.468 e. The molecule has 1 amide bonds. The van der Waals surface area contributed by atoms with Crippen molar-refractivity contribution >= 4 is 23.6 Å². The Balaban J connectivity index is 2.38. The van der Waals surface area contributed by atoms with Crippen molar-refractivity contribution in [3.8, 4) is 0 Å². The van der Waals surface area contributed by atoms with Gasteiger partial charge in [-0.15, -0.1) is 5.10 Å². The number of carbonyl (C=O) groups excluding carboxylic acids is 2. The van der Waals surface area contributed by atoms with E-state index in [1.807, 2.05) is 0 Å². The van der Waals surface area contributed by atoms with Crippen LogP contribution in [-0.4, -0.2) is 65.2 Å². The molecule has 0 aliphatic heterocycles. The van der Waals surface area contributed by atoms with Gasteiger partial charge < -0.3 is 14.8 Å². The van der Waals surface area contributed by atoms with Crippen LogP contribution in [0.5, 0.6) is 0 Å². The molecule has 0 aromatic carbocycles. The van der Waals surface area contributed by atoms with Gasteiger partial charge in [-0.2, -0.15) is 0 Å². The van der Waals surface area contributed by atoms with Gasteiger partial charge in [0.05, 0.1) is 19.5 Å². The zero-order valence-electron chi connectivity index (χ0n) is 10.7. The summed E-state index contributed by atoms with van der Waals surface area (Å²) in [4.78, 5) is 22.5. The van der Waals surface area contributed by atoms with Crippen molar-refractivity contribution in [1.29, 1.82) is 0 Å². The molecule has 19 heavy (non-hydrogen) atoms. The van der Waals surface area contributed by atoms with Crippen molar-refractivity contribution in [1.82, 2.24) is 25.5 Å². The van der Waals surface area contributed by atoms with Gasteiger partial charge in [0.2, 0.25) is 11.1 Å². The van der Waals surface area contributed by atoms with Gasteiger partial charge in [-0.3, -0.25) is 9.59 Å². The van der Waals surface area contributed by atoms with E-state index in [9.17, 15) is 9.59 Å². The molecule has 0 saturated carbocycles. The van der Waals surface area contributed by atoms with Gasteiger partial charge >= 0.3 is 5.97 Å². The number of methoxy groups -OCH3 is 2. The second kappa shape index (κ2) is 8.43. The number of rotatable bonds is 8. The van der Waals surface area contributed by atoms with E-state index in [2.05, 4.69) is 25.6 Å². The Kier molecular flexibility index (Phi) is 6.82. The minimum Gasteiger partial charge on any atom is -0.468 e. The molecule has 1 aromatic rings. The molecule has 0 saturated heterocycles. The summed E-state index contributed by atoms with van der Waals surface area (Å²) in [5.41, 5.74) is 0. The standard InChI is InChI=1S/C9H15N5O4S/c1-17-4-3-10-7(15)6-19-9-11-12-13-14(9)5-8(16)18-2/h3-6H2,1-2H3,(H,10,15). The van der Waals surface area contributed by atoms with Gasteiger partial charge in [-0.25, -0.2) is 4.68 Å². The highest BCUT2D eigenvalue weighted by Gasteiger charge is 2.12. The summed E-state index contributed by atoms with van der Waals surface area (Å²) in [7, 11) is 2.84. The van der Waals surface area contributed by atoms with E-state index in [0.29, 0.717) is 18.3 Å². The van der Waals surface area contributed by atoms with Crippen LogP contribution in [0, 0.1) is 0 Å². The average Bonchev–Trinajstić information content (AvgIpc) is 2.84. The number of tetrazole rings is 1. The van der Waals surface area contributed by atoms with Crippen molar-refractivity contribution in [3.63, 3.8) is 0 Å². The number of amides is 1. The van der Waals surface area contributed by atoms with Crippen LogP contribution >= 0.6 is 11.8 Å². The van der Waals surface area contributed by atoms with Gasteiger partial charge in [0, 0.05) is 13.7 Å². The molecule has 0 unspecified atom stereocenters. The van der Waals surface area contributed by atoms with Crippen LogP contribution < -0.4 is 5.32 Å². The zero-order chi connectivity index (χ0) is 14.1. The molecule has 0 aliphatic rings. The minimum atomic E-state index is -0.460. The van der Waals surface area contributed by atoms with Crippen LogP contribution in [0.1, 0.15) is 0 Å². The maximum absolute atomic E-state index is 11.4. The summed E-state index contributed by atoms with van der Waals surface area (Å²) in [6.45, 7) is 0.816. The number of thioether (sulfide) groups is 1. The lowest BCUT2D eigenvalue weighted by Gasteiger charge is -2.04. The van der Waals surface area contributed by atoms with Gasteiger partial charge in [-0.05, 0) is 10.4 Å².